The first kappa shape index (κ1) is 16.1. The maximum Gasteiger partial charge on any atom is 0.417 e. The quantitative estimate of drug-likeness (QED) is 0.801. The van der Waals surface area contributed by atoms with Crippen molar-refractivity contribution < 1.29 is 13.2 Å². The minimum absolute atomic E-state index is 0.0431. The van der Waals surface area contributed by atoms with E-state index in [2.05, 4.69) is 26.3 Å². The van der Waals surface area contributed by atoms with Crippen molar-refractivity contribution in [3.05, 3.63) is 28.2 Å². The molecule has 0 atom stereocenters. The summed E-state index contributed by atoms with van der Waals surface area (Å²) in [5.41, 5.74) is 2.65. The standard InChI is InChI=1S/C14H17BrF3N3/c1-13(2,3)19-12-6-7-21(20-12)9-4-5-11(15)10(8-9)14(16,17)18/h4-5,8H,6-7H2,1-3H3,(H,19,20). The highest BCUT2D eigenvalue weighted by atomic mass is 79.9. The molecule has 1 aromatic carbocycles. The minimum atomic E-state index is -4.38. The van der Waals surface area contributed by atoms with Crippen LogP contribution in [-0.2, 0) is 6.18 Å². The fourth-order valence-electron chi connectivity index (χ4n) is 2.06. The molecule has 1 aromatic rings. The van der Waals surface area contributed by atoms with E-state index >= 15 is 0 Å². The topological polar surface area (TPSA) is 27.6 Å². The number of anilines is 1. The van der Waals surface area contributed by atoms with Crippen LogP contribution in [0.5, 0.6) is 0 Å². The molecule has 2 rings (SSSR count). The average molecular weight is 364 g/mol. The third kappa shape index (κ3) is 4.12. The lowest BCUT2D eigenvalue weighted by Crippen LogP contribution is -2.34. The van der Waals surface area contributed by atoms with E-state index in [-0.39, 0.29) is 10.0 Å². The van der Waals surface area contributed by atoms with Gasteiger partial charge in [-0.1, -0.05) is 15.9 Å². The molecule has 0 saturated carbocycles. The third-order valence-electron chi connectivity index (χ3n) is 2.87. The van der Waals surface area contributed by atoms with Crippen LogP contribution in [0, 0.1) is 0 Å². The molecule has 116 valence electrons. The van der Waals surface area contributed by atoms with Crippen LogP contribution in [0.1, 0.15) is 32.8 Å². The van der Waals surface area contributed by atoms with Gasteiger partial charge in [-0.05, 0) is 39.0 Å². The number of nitrogens with zero attached hydrogens (tertiary/aromatic N) is 2. The lowest BCUT2D eigenvalue weighted by atomic mass is 10.1. The molecule has 1 saturated heterocycles. The molecular formula is C14H17BrF3N3. The van der Waals surface area contributed by atoms with Crippen LogP contribution in [-0.4, -0.2) is 17.9 Å². The van der Waals surface area contributed by atoms with Crippen LogP contribution in [0.4, 0.5) is 18.9 Å². The van der Waals surface area contributed by atoms with Crippen LogP contribution >= 0.6 is 15.9 Å². The van der Waals surface area contributed by atoms with Crippen molar-refractivity contribution in [1.82, 2.24) is 5.43 Å². The highest BCUT2D eigenvalue weighted by Gasteiger charge is 2.34. The summed E-state index contributed by atoms with van der Waals surface area (Å²) in [5.74, 6) is 0.791. The molecule has 1 fully saturated rings. The van der Waals surface area contributed by atoms with Gasteiger partial charge in [-0.15, -0.1) is 0 Å². The molecular weight excluding hydrogens is 347 g/mol. The molecule has 0 amide bonds. The number of hydrogen-bond acceptors (Lipinski definition) is 2. The van der Waals surface area contributed by atoms with Gasteiger partial charge in [0.1, 0.15) is 5.84 Å². The zero-order chi connectivity index (χ0) is 15.8. The Labute approximate surface area is 130 Å². The number of alkyl halides is 3. The Morgan fingerprint density at radius 3 is 2.48 bits per heavy atom. The molecule has 0 spiro atoms. The largest absolute Gasteiger partial charge is 0.417 e. The number of benzene rings is 1. The first-order valence-corrected chi connectivity index (χ1v) is 7.35. The molecule has 1 aliphatic rings. The normalized spacial score (nSPS) is 18.2. The predicted molar refractivity (Wildman–Crippen MR) is 81.4 cm³/mol. The molecule has 0 radical (unpaired) electrons. The Balaban J connectivity index is 2.23. The van der Waals surface area contributed by atoms with Gasteiger partial charge in [0.05, 0.1) is 16.8 Å². The summed E-state index contributed by atoms with van der Waals surface area (Å²) >= 11 is 2.94. The lowest BCUT2D eigenvalue weighted by Gasteiger charge is -2.21. The van der Waals surface area contributed by atoms with Gasteiger partial charge < -0.3 is 0 Å². The molecule has 0 aliphatic carbocycles. The highest BCUT2D eigenvalue weighted by molar-refractivity contribution is 9.10. The summed E-state index contributed by atoms with van der Waals surface area (Å²) in [4.78, 5) is 4.51. The van der Waals surface area contributed by atoms with E-state index < -0.39 is 11.7 Å². The molecule has 1 N–H and O–H groups in total. The molecule has 1 heterocycles. The van der Waals surface area contributed by atoms with Crippen molar-refractivity contribution >= 4 is 27.5 Å². The molecule has 7 heteroatoms. The first-order valence-electron chi connectivity index (χ1n) is 6.56. The van der Waals surface area contributed by atoms with E-state index in [1.165, 1.54) is 6.07 Å². The zero-order valence-electron chi connectivity index (χ0n) is 12.1. The summed E-state index contributed by atoms with van der Waals surface area (Å²) in [6.45, 7) is 6.52. The average Bonchev–Trinajstić information content (AvgIpc) is 2.74. The van der Waals surface area contributed by atoms with Crippen molar-refractivity contribution in [3.63, 3.8) is 0 Å². The van der Waals surface area contributed by atoms with Gasteiger partial charge in [0.25, 0.3) is 0 Å². The highest BCUT2D eigenvalue weighted by Crippen LogP contribution is 2.37. The second-order valence-corrected chi connectivity index (χ2v) is 6.76. The summed E-state index contributed by atoms with van der Waals surface area (Å²) in [6, 6.07) is 4.20. The predicted octanol–water partition coefficient (Wildman–Crippen LogP) is 4.38. The summed E-state index contributed by atoms with van der Waals surface area (Å²) < 4.78 is 38.8. The first-order chi connectivity index (χ1) is 9.56. The van der Waals surface area contributed by atoms with Gasteiger partial charge in [-0.2, -0.15) is 13.2 Å². The van der Waals surface area contributed by atoms with E-state index in [1.807, 2.05) is 20.8 Å². The minimum Gasteiger partial charge on any atom is -0.286 e. The Kier molecular flexibility index (Phi) is 4.24. The zero-order valence-corrected chi connectivity index (χ0v) is 13.6. The Morgan fingerprint density at radius 1 is 1.24 bits per heavy atom. The molecule has 0 aromatic heterocycles. The molecule has 0 bridgehead atoms. The Hall–Kier alpha value is -1.24. The number of aliphatic imine (C=N–C) groups is 1. The van der Waals surface area contributed by atoms with E-state index in [9.17, 15) is 13.2 Å². The van der Waals surface area contributed by atoms with Gasteiger partial charge in [0.2, 0.25) is 0 Å². The van der Waals surface area contributed by atoms with Crippen molar-refractivity contribution in [2.24, 2.45) is 4.99 Å². The van der Waals surface area contributed by atoms with Crippen molar-refractivity contribution in [2.45, 2.75) is 38.9 Å². The molecule has 3 nitrogen and oxygen atoms in total. The van der Waals surface area contributed by atoms with Crippen LogP contribution in [0.3, 0.4) is 0 Å². The third-order valence-corrected chi connectivity index (χ3v) is 3.57. The van der Waals surface area contributed by atoms with Crippen LogP contribution in [0.15, 0.2) is 27.7 Å². The van der Waals surface area contributed by atoms with Crippen molar-refractivity contribution in [2.75, 3.05) is 11.6 Å². The second-order valence-electron chi connectivity index (χ2n) is 5.90. The van der Waals surface area contributed by atoms with E-state index in [0.29, 0.717) is 18.7 Å². The smallest absolute Gasteiger partial charge is 0.286 e. The van der Waals surface area contributed by atoms with Crippen LogP contribution < -0.4 is 10.4 Å². The van der Waals surface area contributed by atoms with Gasteiger partial charge in [0, 0.05) is 17.4 Å². The fourth-order valence-corrected chi connectivity index (χ4v) is 2.53. The maximum absolute atomic E-state index is 12.9. The van der Waals surface area contributed by atoms with Gasteiger partial charge >= 0.3 is 6.18 Å². The van der Waals surface area contributed by atoms with Crippen LogP contribution in [0.2, 0.25) is 0 Å². The number of hydrazine groups is 1. The monoisotopic (exact) mass is 363 g/mol. The molecule has 1 aliphatic heterocycles. The SMILES string of the molecule is CC(C)(C)N=C1CCN(c2ccc(Br)c(C(F)(F)F)c2)N1. The Bertz CT molecular complexity index is 562. The fraction of sp³-hybridized carbons (Fsp3) is 0.500. The second kappa shape index (κ2) is 5.51. The summed E-state index contributed by atoms with van der Waals surface area (Å²) in [7, 11) is 0. The van der Waals surface area contributed by atoms with Gasteiger partial charge in [-0.25, -0.2) is 0 Å². The number of nitrogens with one attached hydrogen (secondary N) is 1. The van der Waals surface area contributed by atoms with E-state index in [0.717, 1.165) is 11.9 Å². The maximum atomic E-state index is 12.9. The Morgan fingerprint density at radius 2 is 1.90 bits per heavy atom. The summed E-state index contributed by atoms with van der Waals surface area (Å²) in [5, 5.41) is 1.69. The van der Waals surface area contributed by atoms with Crippen molar-refractivity contribution in [3.8, 4) is 0 Å². The molecule has 21 heavy (non-hydrogen) atoms. The van der Waals surface area contributed by atoms with Crippen LogP contribution in [0.25, 0.3) is 0 Å². The van der Waals surface area contributed by atoms with E-state index in [1.54, 1.807) is 11.1 Å². The molecule has 0 unspecified atom stereocenters. The van der Waals surface area contributed by atoms with E-state index in [4.69, 9.17) is 0 Å². The van der Waals surface area contributed by atoms with Gasteiger partial charge in [0.15, 0.2) is 0 Å². The van der Waals surface area contributed by atoms with Crippen molar-refractivity contribution in [1.29, 1.82) is 0 Å². The number of amidine groups is 1. The number of rotatable bonds is 1. The number of hydrogen-bond donors (Lipinski definition) is 1. The number of halogens is 4. The van der Waals surface area contributed by atoms with Gasteiger partial charge in [-0.3, -0.25) is 15.4 Å². The summed E-state index contributed by atoms with van der Waals surface area (Å²) in [6.07, 6.45) is -3.69. The lowest BCUT2D eigenvalue weighted by molar-refractivity contribution is -0.138.